The maximum Gasteiger partial charge on any atom is 0.317 e. The van der Waals surface area contributed by atoms with Crippen LogP contribution < -0.4 is 10.6 Å². The molecule has 0 spiro atoms. The molecule has 4 fully saturated rings. The van der Waals surface area contributed by atoms with E-state index in [1.165, 1.54) is 4.90 Å². The molecular weight excluding hydrogens is 572 g/mol. The molecule has 15 heteroatoms. The number of halogens is 4. The SMILES string of the molecule is C.C.FC1(F)CCCCC1.O=C(NCc1cn2ncc(CN3CC4C(CNC3=O)C4(F)F)cc2n1)c1nonc1C1CC1. The lowest BCUT2D eigenvalue weighted by molar-refractivity contribution is -0.0337. The fourth-order valence-electron chi connectivity index (χ4n) is 5.41. The molecule has 0 bridgehead atoms. The standard InChI is InChI=1S/C20H20F2N8O3.C6H10F2.2CH4/c21-20(22)13-6-24-19(32)29(9-14(13)20)7-10-3-15-26-12(8-30(15)25-4-10)5-23-18(31)17-16(11-1-2-11)27-33-28-17;7-6(8)4-2-1-3-5-6;;/h3-4,8,11,13-14H,1-2,5-7,9H2,(H,23,31)(H,24,32);1-5H2;2*1H4. The summed E-state index contributed by atoms with van der Waals surface area (Å²) < 4.78 is 58.2. The Labute approximate surface area is 246 Å². The molecule has 7 rings (SSSR count). The number of fused-ring (bicyclic) bond motifs is 2. The first-order valence-electron chi connectivity index (χ1n) is 13.8. The Morgan fingerprint density at radius 3 is 2.51 bits per heavy atom. The largest absolute Gasteiger partial charge is 0.345 e. The highest BCUT2D eigenvalue weighted by atomic mass is 19.3. The molecule has 3 aromatic heterocycles. The Hall–Kier alpha value is -3.78. The normalized spacial score (nSPS) is 23.3. The average molecular weight is 611 g/mol. The van der Waals surface area contributed by atoms with Gasteiger partial charge in [-0.3, -0.25) is 4.79 Å². The van der Waals surface area contributed by atoms with Crippen LogP contribution in [0.5, 0.6) is 0 Å². The van der Waals surface area contributed by atoms with Gasteiger partial charge >= 0.3 is 6.03 Å². The van der Waals surface area contributed by atoms with Crippen molar-refractivity contribution >= 4 is 17.6 Å². The molecular formula is C28H38F4N8O3. The summed E-state index contributed by atoms with van der Waals surface area (Å²) in [5.41, 5.74) is 2.54. The zero-order chi connectivity index (χ0) is 28.8. The Kier molecular flexibility index (Phi) is 9.30. The van der Waals surface area contributed by atoms with Crippen LogP contribution in [-0.2, 0) is 13.1 Å². The second kappa shape index (κ2) is 12.4. The van der Waals surface area contributed by atoms with Crippen LogP contribution in [0.3, 0.4) is 0 Å². The number of hydrogen-bond acceptors (Lipinski definition) is 7. The van der Waals surface area contributed by atoms with Gasteiger partial charge in [-0.05, 0) is 42.5 Å². The number of imidazole rings is 1. The van der Waals surface area contributed by atoms with Crippen molar-refractivity contribution in [1.82, 2.24) is 40.4 Å². The van der Waals surface area contributed by atoms with Gasteiger partial charge in [0.15, 0.2) is 11.3 Å². The maximum atomic E-state index is 13.8. The topological polar surface area (TPSA) is 131 Å². The Bertz CT molecular complexity index is 1430. The first-order chi connectivity index (χ1) is 19.6. The molecule has 3 aliphatic carbocycles. The molecule has 4 aliphatic rings. The number of carbonyl (C=O) groups excluding carboxylic acids is 2. The highest BCUT2D eigenvalue weighted by Gasteiger charge is 2.69. The van der Waals surface area contributed by atoms with Crippen molar-refractivity contribution in [1.29, 1.82) is 0 Å². The number of amides is 3. The van der Waals surface area contributed by atoms with E-state index in [1.807, 2.05) is 0 Å². The van der Waals surface area contributed by atoms with Crippen molar-refractivity contribution in [3.05, 3.63) is 41.1 Å². The number of carbonyl (C=O) groups is 2. The quantitative estimate of drug-likeness (QED) is 0.368. The molecule has 1 saturated heterocycles. The van der Waals surface area contributed by atoms with Gasteiger partial charge in [0.05, 0.1) is 36.5 Å². The molecule has 43 heavy (non-hydrogen) atoms. The summed E-state index contributed by atoms with van der Waals surface area (Å²) in [5, 5.41) is 17.1. The third kappa shape index (κ3) is 7.07. The molecule has 2 atom stereocenters. The second-order valence-corrected chi connectivity index (χ2v) is 11.2. The molecule has 2 N–H and O–H groups in total. The van der Waals surface area contributed by atoms with Crippen LogP contribution in [0.4, 0.5) is 22.4 Å². The number of alkyl halides is 4. The van der Waals surface area contributed by atoms with Gasteiger partial charge in [-0.1, -0.05) is 26.4 Å². The number of aromatic nitrogens is 5. The zero-order valence-electron chi connectivity index (χ0n) is 22.2. The zero-order valence-corrected chi connectivity index (χ0v) is 22.2. The number of urea groups is 1. The van der Waals surface area contributed by atoms with E-state index in [4.69, 9.17) is 4.63 Å². The van der Waals surface area contributed by atoms with E-state index in [0.29, 0.717) is 35.4 Å². The van der Waals surface area contributed by atoms with Crippen LogP contribution in [0.25, 0.3) is 5.65 Å². The molecule has 0 aromatic carbocycles. The molecule has 3 amide bonds. The van der Waals surface area contributed by atoms with E-state index >= 15 is 0 Å². The highest BCUT2D eigenvalue weighted by Crippen LogP contribution is 2.55. The summed E-state index contributed by atoms with van der Waals surface area (Å²) in [6.07, 6.45) is 7.85. The molecule has 0 radical (unpaired) electrons. The van der Waals surface area contributed by atoms with E-state index in [9.17, 15) is 27.2 Å². The summed E-state index contributed by atoms with van der Waals surface area (Å²) in [5.74, 6) is -6.79. The maximum absolute atomic E-state index is 13.8. The molecule has 3 aromatic rings. The van der Waals surface area contributed by atoms with Gasteiger partial charge in [0.2, 0.25) is 5.92 Å². The highest BCUT2D eigenvalue weighted by molar-refractivity contribution is 5.93. The van der Waals surface area contributed by atoms with Gasteiger partial charge < -0.3 is 15.5 Å². The van der Waals surface area contributed by atoms with E-state index in [2.05, 4.69) is 31.0 Å². The average Bonchev–Trinajstić information content (AvgIpc) is 3.73. The molecule has 3 saturated carbocycles. The van der Waals surface area contributed by atoms with Gasteiger partial charge in [-0.2, -0.15) is 5.10 Å². The van der Waals surface area contributed by atoms with Gasteiger partial charge in [-0.15, -0.1) is 0 Å². The predicted octanol–water partition coefficient (Wildman–Crippen LogP) is 5.18. The first-order valence-corrected chi connectivity index (χ1v) is 13.8. The summed E-state index contributed by atoms with van der Waals surface area (Å²) >= 11 is 0. The third-order valence-corrected chi connectivity index (χ3v) is 8.05. The van der Waals surface area contributed by atoms with Crippen molar-refractivity contribution in [2.45, 2.75) is 90.7 Å². The molecule has 2 unspecified atom stereocenters. The van der Waals surface area contributed by atoms with Crippen LogP contribution in [0, 0.1) is 11.8 Å². The molecule has 4 heterocycles. The molecule has 1 aliphatic heterocycles. The van der Waals surface area contributed by atoms with Gasteiger partial charge in [0.25, 0.3) is 11.8 Å². The summed E-state index contributed by atoms with van der Waals surface area (Å²) in [6.45, 7) is 0.296. The minimum atomic E-state index is -2.72. The Morgan fingerprint density at radius 2 is 1.84 bits per heavy atom. The van der Waals surface area contributed by atoms with Crippen LogP contribution >= 0.6 is 0 Å². The fraction of sp³-hybridized carbons (Fsp3) is 0.643. The lowest BCUT2D eigenvalue weighted by atomic mass is 9.97. The van der Waals surface area contributed by atoms with Gasteiger partial charge in [-0.25, -0.2) is 36.5 Å². The van der Waals surface area contributed by atoms with Crippen LogP contribution in [0.2, 0.25) is 0 Å². The number of nitrogens with zero attached hydrogens (tertiary/aromatic N) is 6. The minimum absolute atomic E-state index is 0. The minimum Gasteiger partial charge on any atom is -0.345 e. The van der Waals surface area contributed by atoms with Crippen molar-refractivity contribution < 1.29 is 31.8 Å². The lowest BCUT2D eigenvalue weighted by Crippen LogP contribution is -2.40. The van der Waals surface area contributed by atoms with E-state index in [-0.39, 0.29) is 77.4 Å². The second-order valence-electron chi connectivity index (χ2n) is 11.2. The van der Waals surface area contributed by atoms with Crippen molar-refractivity contribution in [3.8, 4) is 0 Å². The first kappa shape index (κ1) is 32.1. The smallest absolute Gasteiger partial charge is 0.317 e. The van der Waals surface area contributed by atoms with Crippen LogP contribution in [0.1, 0.15) is 93.2 Å². The van der Waals surface area contributed by atoms with Crippen molar-refractivity contribution in [2.75, 3.05) is 13.1 Å². The predicted molar refractivity (Wildman–Crippen MR) is 148 cm³/mol. The monoisotopic (exact) mass is 610 g/mol. The van der Waals surface area contributed by atoms with E-state index in [1.54, 1.807) is 23.0 Å². The number of nitrogens with one attached hydrogen (secondary N) is 2. The summed E-state index contributed by atoms with van der Waals surface area (Å²) in [7, 11) is 0. The van der Waals surface area contributed by atoms with E-state index in [0.717, 1.165) is 19.3 Å². The summed E-state index contributed by atoms with van der Waals surface area (Å²) in [6, 6.07) is 1.38. The van der Waals surface area contributed by atoms with Crippen LogP contribution in [0.15, 0.2) is 23.1 Å². The number of rotatable bonds is 6. The van der Waals surface area contributed by atoms with Crippen LogP contribution in [-0.4, -0.2) is 66.7 Å². The Balaban J connectivity index is 0.000000371. The van der Waals surface area contributed by atoms with Gasteiger partial charge in [0, 0.05) is 38.4 Å². The van der Waals surface area contributed by atoms with E-state index < -0.39 is 23.7 Å². The lowest BCUT2D eigenvalue weighted by Gasteiger charge is -2.21. The van der Waals surface area contributed by atoms with Gasteiger partial charge in [0.1, 0.15) is 5.69 Å². The third-order valence-electron chi connectivity index (χ3n) is 8.05. The van der Waals surface area contributed by atoms with Crippen molar-refractivity contribution in [3.63, 3.8) is 0 Å². The molecule has 11 nitrogen and oxygen atoms in total. The number of hydrogen-bond donors (Lipinski definition) is 2. The Morgan fingerprint density at radius 1 is 1.09 bits per heavy atom. The van der Waals surface area contributed by atoms with Crippen molar-refractivity contribution in [2.24, 2.45) is 11.8 Å². The fourth-order valence-corrected chi connectivity index (χ4v) is 5.41. The molecule has 236 valence electrons. The summed E-state index contributed by atoms with van der Waals surface area (Å²) in [4.78, 5) is 30.5.